The molecule has 5 heteroatoms. The largest absolute Gasteiger partial charge is 2.00 e. The van der Waals surface area contributed by atoms with Crippen molar-refractivity contribution in [2.75, 3.05) is 0 Å². The van der Waals surface area contributed by atoms with E-state index in [0.717, 1.165) is 6.42 Å². The molecule has 0 fully saturated rings. The number of aliphatic carboxylic acids is 2. The molecule has 4 nitrogen and oxygen atoms in total. The van der Waals surface area contributed by atoms with Crippen LogP contribution >= 0.6 is 0 Å². The van der Waals surface area contributed by atoms with Crippen molar-refractivity contribution in [1.29, 1.82) is 0 Å². The van der Waals surface area contributed by atoms with Crippen LogP contribution in [0, 0.1) is 10.8 Å². The van der Waals surface area contributed by atoms with E-state index in [0.29, 0.717) is 6.42 Å². The van der Waals surface area contributed by atoms with Crippen molar-refractivity contribution in [2.45, 2.75) is 47.0 Å². The first-order valence-corrected chi connectivity index (χ1v) is 5.13. The Bertz CT molecular complexity index is 241. The summed E-state index contributed by atoms with van der Waals surface area (Å²) in [6.07, 6.45) is 1.31. The smallest absolute Gasteiger partial charge is 0.549 e. The number of carbonyl (C=O) groups is 2. The van der Waals surface area contributed by atoms with Gasteiger partial charge in [-0.3, -0.25) is 0 Å². The van der Waals surface area contributed by atoms with Crippen LogP contribution in [-0.4, -0.2) is 49.7 Å². The van der Waals surface area contributed by atoms with Crippen LogP contribution in [0.25, 0.3) is 0 Å². The molecule has 16 heavy (non-hydrogen) atoms. The third-order valence-corrected chi connectivity index (χ3v) is 2.88. The zero-order valence-corrected chi connectivity index (χ0v) is 12.7. The molecule has 0 unspecified atom stereocenters. The predicted molar refractivity (Wildman–Crippen MR) is 57.2 cm³/mol. The molecule has 88 valence electrons. The van der Waals surface area contributed by atoms with Crippen LogP contribution in [0.4, 0.5) is 0 Å². The molecule has 0 saturated carbocycles. The van der Waals surface area contributed by atoms with Crippen molar-refractivity contribution in [2.24, 2.45) is 10.8 Å². The summed E-state index contributed by atoms with van der Waals surface area (Å²) < 4.78 is 0. The van der Waals surface area contributed by atoms with Crippen molar-refractivity contribution < 1.29 is 19.8 Å². The molecule has 0 rings (SSSR count). The molecule has 0 amide bonds. The van der Waals surface area contributed by atoms with Crippen LogP contribution in [0.2, 0.25) is 0 Å². The minimum atomic E-state index is -1.90. The molecule has 0 saturated heterocycles. The van der Waals surface area contributed by atoms with Gasteiger partial charge in [0.1, 0.15) is 0 Å². The quantitative estimate of drug-likeness (QED) is 0.481. The second-order valence-corrected chi connectivity index (χ2v) is 4.83. The monoisotopic (exact) mass is 254 g/mol. The Kier molecular flexibility index (Phi) is 7.91. The van der Waals surface area contributed by atoms with Crippen molar-refractivity contribution >= 4 is 49.7 Å². The Hall–Kier alpha value is 0.200. The summed E-state index contributed by atoms with van der Waals surface area (Å²) in [5.74, 6) is -3.10. The number of carboxylic acids is 2. The molecule has 0 bridgehead atoms. The Balaban J connectivity index is 0. The van der Waals surface area contributed by atoms with Crippen molar-refractivity contribution in [3.63, 3.8) is 0 Å². The van der Waals surface area contributed by atoms with Crippen LogP contribution in [0.3, 0.4) is 0 Å². The Morgan fingerprint density at radius 1 is 1.06 bits per heavy atom. The van der Waals surface area contributed by atoms with E-state index in [1.807, 2.05) is 6.92 Å². The van der Waals surface area contributed by atoms with Crippen LogP contribution in [0.1, 0.15) is 47.0 Å². The molecule has 0 N–H and O–H groups in total. The molecule has 0 aliphatic carbocycles. The summed E-state index contributed by atoms with van der Waals surface area (Å²) in [6.45, 7) is 6.61. The summed E-state index contributed by atoms with van der Waals surface area (Å²) in [7, 11) is 0. The van der Waals surface area contributed by atoms with E-state index in [2.05, 4.69) is 0 Å². The molecule has 0 atom stereocenters. The molecular weight excluding hydrogens is 236 g/mol. The first-order chi connectivity index (χ1) is 6.70. The Morgan fingerprint density at radius 3 is 1.62 bits per heavy atom. The fourth-order valence-electron chi connectivity index (χ4n) is 1.72. The summed E-state index contributed by atoms with van der Waals surface area (Å²) in [6, 6.07) is 0. The molecule has 0 aliphatic heterocycles. The van der Waals surface area contributed by atoms with E-state index in [1.54, 1.807) is 20.8 Å². The maximum absolute atomic E-state index is 11.1. The summed E-state index contributed by atoms with van der Waals surface area (Å²) in [4.78, 5) is 22.2. The van der Waals surface area contributed by atoms with Gasteiger partial charge in [0.15, 0.2) is 0 Å². The zero-order valence-electron chi connectivity index (χ0n) is 10.5. The van der Waals surface area contributed by atoms with Crippen LogP contribution in [0.15, 0.2) is 0 Å². The van der Waals surface area contributed by atoms with Crippen molar-refractivity contribution in [3.05, 3.63) is 0 Å². The Morgan fingerprint density at radius 2 is 1.44 bits per heavy atom. The molecule has 0 heterocycles. The Labute approximate surface area is 126 Å². The number of hydrogen-bond donors (Lipinski definition) is 0. The number of hydrogen-bond acceptors (Lipinski definition) is 4. The summed E-state index contributed by atoms with van der Waals surface area (Å²) >= 11 is 0. The van der Waals surface area contributed by atoms with Gasteiger partial charge in [0.25, 0.3) is 0 Å². The van der Waals surface area contributed by atoms with E-state index >= 15 is 0 Å². The second-order valence-electron chi connectivity index (χ2n) is 4.83. The van der Waals surface area contributed by atoms with Gasteiger partial charge >= 0.3 is 37.7 Å². The van der Waals surface area contributed by atoms with Crippen molar-refractivity contribution in [3.8, 4) is 0 Å². The standard InChI is InChI=1S/C11H20O4.Ca/c1-5-6-7-11(8(12)13,9(14)15)10(2,3)4;/h5-7H2,1-4H3,(H,12,13)(H,14,15);/q;+2/p-2. The predicted octanol–water partition coefficient (Wildman–Crippen LogP) is -0.672. The van der Waals surface area contributed by atoms with Gasteiger partial charge in [0.05, 0.1) is 17.4 Å². The first-order valence-electron chi connectivity index (χ1n) is 5.13. The molecule has 0 aliphatic rings. The third-order valence-electron chi connectivity index (χ3n) is 2.88. The topological polar surface area (TPSA) is 80.3 Å². The van der Waals surface area contributed by atoms with Gasteiger partial charge in [-0.1, -0.05) is 40.5 Å². The molecular formula is C11H18CaO4. The average molecular weight is 254 g/mol. The van der Waals surface area contributed by atoms with E-state index < -0.39 is 22.8 Å². The van der Waals surface area contributed by atoms with Gasteiger partial charge < -0.3 is 19.8 Å². The van der Waals surface area contributed by atoms with Gasteiger partial charge in [-0.05, 0) is 11.8 Å². The number of unbranched alkanes of at least 4 members (excludes halogenated alkanes) is 1. The first kappa shape index (κ1) is 18.6. The normalized spacial score (nSPS) is 11.8. The van der Waals surface area contributed by atoms with Crippen molar-refractivity contribution in [1.82, 2.24) is 0 Å². The summed E-state index contributed by atoms with van der Waals surface area (Å²) in [5, 5.41) is 22.2. The van der Waals surface area contributed by atoms with E-state index in [1.165, 1.54) is 0 Å². The number of carbonyl (C=O) groups excluding carboxylic acids is 2. The van der Waals surface area contributed by atoms with E-state index in [-0.39, 0.29) is 44.2 Å². The average Bonchev–Trinajstić information content (AvgIpc) is 2.01. The van der Waals surface area contributed by atoms with Crippen LogP contribution in [-0.2, 0) is 9.59 Å². The van der Waals surface area contributed by atoms with Crippen LogP contribution in [0.5, 0.6) is 0 Å². The van der Waals surface area contributed by atoms with Gasteiger partial charge in [-0.15, -0.1) is 0 Å². The molecule has 0 aromatic rings. The fourth-order valence-corrected chi connectivity index (χ4v) is 1.72. The number of rotatable bonds is 5. The van der Waals surface area contributed by atoms with Gasteiger partial charge in [-0.25, -0.2) is 0 Å². The molecule has 0 aromatic carbocycles. The maximum atomic E-state index is 11.1. The van der Waals surface area contributed by atoms with Crippen LogP contribution < -0.4 is 10.2 Å². The maximum Gasteiger partial charge on any atom is 2.00 e. The minimum absolute atomic E-state index is 0. The summed E-state index contributed by atoms with van der Waals surface area (Å²) in [5.41, 5.74) is -2.82. The zero-order chi connectivity index (χ0) is 12.3. The van der Waals surface area contributed by atoms with E-state index in [4.69, 9.17) is 0 Å². The molecule has 0 radical (unpaired) electrons. The van der Waals surface area contributed by atoms with Gasteiger partial charge in [0, 0.05) is 0 Å². The van der Waals surface area contributed by atoms with Gasteiger partial charge in [-0.2, -0.15) is 0 Å². The molecule has 0 spiro atoms. The molecule has 0 aromatic heterocycles. The van der Waals surface area contributed by atoms with E-state index in [9.17, 15) is 19.8 Å². The number of carboxylic acid groups (broad SMARTS) is 2. The van der Waals surface area contributed by atoms with Gasteiger partial charge in [0.2, 0.25) is 0 Å². The SMILES string of the molecule is CCCCC(C(=O)[O-])(C(=O)[O-])C(C)(C)C.[Ca+2]. The fraction of sp³-hybridized carbons (Fsp3) is 0.818. The third kappa shape index (κ3) is 3.60. The second kappa shape index (κ2) is 6.82. The minimum Gasteiger partial charge on any atom is -0.549 e.